The molecule has 0 aliphatic heterocycles. The predicted octanol–water partition coefficient (Wildman–Crippen LogP) is 0.862. The van der Waals surface area contributed by atoms with Crippen molar-refractivity contribution < 1.29 is 4.79 Å². The Morgan fingerprint density at radius 1 is 1.46 bits per heavy atom. The van der Waals surface area contributed by atoms with Crippen molar-refractivity contribution in [3.63, 3.8) is 0 Å². The van der Waals surface area contributed by atoms with Gasteiger partial charge in [-0.2, -0.15) is 0 Å². The molecular formula is C11H13OSi. The van der Waals surface area contributed by atoms with E-state index in [-0.39, 0.29) is 0 Å². The number of allylic oxidation sites excluding steroid dienone is 2. The SMILES string of the molecule is C/C=C(\C)[SiH2]c1ccccc1[C]=O. The standard InChI is InChI=1S/C11H13OSi/c1-3-9(2)13-11-7-5-4-6-10(11)8-12/h3-7H,13H2,1-2H3/b9-3+. The van der Waals surface area contributed by atoms with E-state index in [1.165, 1.54) is 10.4 Å². The highest BCUT2D eigenvalue weighted by atomic mass is 28.2. The zero-order valence-corrected chi connectivity index (χ0v) is 9.42. The van der Waals surface area contributed by atoms with Crippen LogP contribution in [0.4, 0.5) is 0 Å². The maximum atomic E-state index is 10.6. The van der Waals surface area contributed by atoms with Gasteiger partial charge >= 0.3 is 0 Å². The third-order valence-corrected chi connectivity index (χ3v) is 4.05. The van der Waals surface area contributed by atoms with E-state index < -0.39 is 9.52 Å². The summed E-state index contributed by atoms with van der Waals surface area (Å²) < 4.78 is 0. The van der Waals surface area contributed by atoms with Crippen LogP contribution < -0.4 is 5.19 Å². The van der Waals surface area contributed by atoms with E-state index in [0.717, 1.165) is 5.56 Å². The molecule has 1 radical (unpaired) electrons. The van der Waals surface area contributed by atoms with Crippen molar-refractivity contribution in [2.24, 2.45) is 0 Å². The molecule has 0 N–H and O–H groups in total. The van der Waals surface area contributed by atoms with Crippen molar-refractivity contribution in [3.05, 3.63) is 41.1 Å². The van der Waals surface area contributed by atoms with E-state index in [1.54, 1.807) is 0 Å². The molecule has 1 aromatic carbocycles. The fraction of sp³-hybridized carbons (Fsp3) is 0.182. The first kappa shape index (κ1) is 9.93. The fourth-order valence-corrected chi connectivity index (χ4v) is 2.62. The molecule has 0 amide bonds. The van der Waals surface area contributed by atoms with Gasteiger partial charge in [-0.1, -0.05) is 40.7 Å². The lowest BCUT2D eigenvalue weighted by Crippen LogP contribution is -2.19. The lowest BCUT2D eigenvalue weighted by molar-refractivity contribution is 0.563. The van der Waals surface area contributed by atoms with Crippen LogP contribution in [0.25, 0.3) is 0 Å². The lowest BCUT2D eigenvalue weighted by atomic mass is 10.2. The number of rotatable bonds is 3. The van der Waals surface area contributed by atoms with Gasteiger partial charge in [-0.05, 0) is 13.8 Å². The highest BCUT2D eigenvalue weighted by molar-refractivity contribution is 6.62. The first-order valence-corrected chi connectivity index (χ1v) is 5.77. The quantitative estimate of drug-likeness (QED) is 0.645. The number of carbonyl (C=O) groups excluding carboxylic acids is 1. The molecule has 1 nitrogen and oxygen atoms in total. The zero-order valence-electron chi connectivity index (χ0n) is 8.00. The van der Waals surface area contributed by atoms with Crippen LogP contribution in [0.5, 0.6) is 0 Å². The van der Waals surface area contributed by atoms with Crippen LogP contribution in [0.2, 0.25) is 0 Å². The molecule has 0 spiro atoms. The summed E-state index contributed by atoms with van der Waals surface area (Å²) in [6.07, 6.45) is 4.10. The van der Waals surface area contributed by atoms with Gasteiger partial charge in [0.15, 0.2) is 0 Å². The average Bonchev–Trinajstić information content (AvgIpc) is 2.18. The van der Waals surface area contributed by atoms with Gasteiger partial charge in [0.05, 0.1) is 9.52 Å². The van der Waals surface area contributed by atoms with E-state index in [4.69, 9.17) is 0 Å². The Hall–Kier alpha value is -1.15. The molecule has 2 heteroatoms. The minimum atomic E-state index is -0.428. The Labute approximate surface area is 81.3 Å². The van der Waals surface area contributed by atoms with Crippen LogP contribution in [0.1, 0.15) is 19.4 Å². The van der Waals surface area contributed by atoms with Crippen LogP contribution in [0.3, 0.4) is 0 Å². The molecule has 0 bridgehead atoms. The molecule has 0 aliphatic rings. The largest absolute Gasteiger partial charge is 0.285 e. The van der Waals surface area contributed by atoms with Gasteiger partial charge in [0, 0.05) is 5.56 Å². The summed E-state index contributed by atoms with van der Waals surface area (Å²) >= 11 is 0. The summed E-state index contributed by atoms with van der Waals surface area (Å²) in [5.41, 5.74) is 0.732. The van der Waals surface area contributed by atoms with E-state index >= 15 is 0 Å². The average molecular weight is 189 g/mol. The summed E-state index contributed by atoms with van der Waals surface area (Å²) in [5, 5.41) is 2.59. The molecule has 0 aliphatic carbocycles. The molecule has 0 unspecified atom stereocenters. The summed E-state index contributed by atoms with van der Waals surface area (Å²) in [4.78, 5) is 10.6. The van der Waals surface area contributed by atoms with E-state index in [2.05, 4.69) is 13.0 Å². The number of benzene rings is 1. The normalized spacial score (nSPS) is 12.3. The minimum absolute atomic E-state index is 0.428. The maximum absolute atomic E-state index is 10.6. The van der Waals surface area contributed by atoms with Gasteiger partial charge in [0.25, 0.3) is 0 Å². The van der Waals surface area contributed by atoms with Crippen molar-refractivity contribution in [1.82, 2.24) is 0 Å². The first-order chi connectivity index (χ1) is 6.27. The molecule has 0 saturated heterocycles. The second-order valence-corrected chi connectivity index (χ2v) is 5.30. The molecule has 0 aromatic heterocycles. The van der Waals surface area contributed by atoms with Crippen molar-refractivity contribution in [1.29, 1.82) is 0 Å². The van der Waals surface area contributed by atoms with Crippen LogP contribution in [0, 0.1) is 0 Å². The maximum Gasteiger partial charge on any atom is 0.233 e. The number of hydrogen-bond donors (Lipinski definition) is 0. The van der Waals surface area contributed by atoms with Crippen molar-refractivity contribution >= 4 is 21.0 Å². The molecule has 1 rings (SSSR count). The van der Waals surface area contributed by atoms with Gasteiger partial charge < -0.3 is 0 Å². The van der Waals surface area contributed by atoms with E-state index in [1.807, 2.05) is 37.5 Å². The van der Waals surface area contributed by atoms with Gasteiger partial charge in [-0.15, -0.1) is 0 Å². The molecule has 13 heavy (non-hydrogen) atoms. The smallest absolute Gasteiger partial charge is 0.233 e. The second kappa shape index (κ2) is 4.77. The third kappa shape index (κ3) is 2.67. The van der Waals surface area contributed by atoms with Crippen LogP contribution in [-0.2, 0) is 4.79 Å². The first-order valence-electron chi connectivity index (χ1n) is 4.35. The molecule has 0 fully saturated rings. The Morgan fingerprint density at radius 2 is 2.15 bits per heavy atom. The van der Waals surface area contributed by atoms with Crippen molar-refractivity contribution in [2.75, 3.05) is 0 Å². The highest BCUT2D eigenvalue weighted by Crippen LogP contribution is 1.95. The summed E-state index contributed by atoms with van der Waals surface area (Å²) in [7, 11) is -0.428. The van der Waals surface area contributed by atoms with Gasteiger partial charge in [-0.25, -0.2) is 0 Å². The third-order valence-electron chi connectivity index (χ3n) is 2.09. The Balaban J connectivity index is 2.93. The van der Waals surface area contributed by atoms with E-state index in [0.29, 0.717) is 0 Å². The Morgan fingerprint density at radius 3 is 2.77 bits per heavy atom. The minimum Gasteiger partial charge on any atom is -0.285 e. The highest BCUT2D eigenvalue weighted by Gasteiger charge is 2.01. The molecule has 0 heterocycles. The fourth-order valence-electron chi connectivity index (χ4n) is 1.18. The predicted molar refractivity (Wildman–Crippen MR) is 58.8 cm³/mol. The molecule has 1 aromatic rings. The number of hydrogen-bond acceptors (Lipinski definition) is 1. The molecule has 67 valence electrons. The van der Waals surface area contributed by atoms with Crippen molar-refractivity contribution in [2.45, 2.75) is 13.8 Å². The summed E-state index contributed by atoms with van der Waals surface area (Å²) in [5.74, 6) is 0. The van der Waals surface area contributed by atoms with Crippen LogP contribution in [-0.4, -0.2) is 15.8 Å². The Bertz CT molecular complexity index is 329. The molecular weight excluding hydrogens is 176 g/mol. The van der Waals surface area contributed by atoms with Crippen LogP contribution >= 0.6 is 0 Å². The summed E-state index contributed by atoms with van der Waals surface area (Å²) in [6, 6.07) is 7.72. The zero-order chi connectivity index (χ0) is 9.68. The Kier molecular flexibility index (Phi) is 3.64. The van der Waals surface area contributed by atoms with E-state index in [9.17, 15) is 4.79 Å². The van der Waals surface area contributed by atoms with Gasteiger partial charge in [0.1, 0.15) is 0 Å². The monoisotopic (exact) mass is 189 g/mol. The van der Waals surface area contributed by atoms with Crippen LogP contribution in [0.15, 0.2) is 35.5 Å². The molecule has 0 atom stereocenters. The van der Waals surface area contributed by atoms with Gasteiger partial charge in [0.2, 0.25) is 6.29 Å². The second-order valence-electron chi connectivity index (χ2n) is 3.07. The summed E-state index contributed by atoms with van der Waals surface area (Å²) in [6.45, 7) is 4.16. The van der Waals surface area contributed by atoms with Gasteiger partial charge in [-0.3, -0.25) is 4.79 Å². The molecule has 0 saturated carbocycles. The van der Waals surface area contributed by atoms with Crippen molar-refractivity contribution in [3.8, 4) is 0 Å². The lowest BCUT2D eigenvalue weighted by Gasteiger charge is -2.02. The topological polar surface area (TPSA) is 17.1 Å².